The van der Waals surface area contributed by atoms with Gasteiger partial charge in [0.15, 0.2) is 0 Å². The zero-order chi connectivity index (χ0) is 13.7. The van der Waals surface area contributed by atoms with Gasteiger partial charge >= 0.3 is 0 Å². The highest BCUT2D eigenvalue weighted by molar-refractivity contribution is 5.32. The summed E-state index contributed by atoms with van der Waals surface area (Å²) >= 11 is 0. The smallest absolute Gasteiger partial charge is 0.129 e. The van der Waals surface area contributed by atoms with Crippen molar-refractivity contribution >= 4 is 0 Å². The van der Waals surface area contributed by atoms with Gasteiger partial charge in [-0.2, -0.15) is 5.26 Å². The monoisotopic (exact) mass is 263 g/mol. The Balaban J connectivity index is 1.81. The van der Waals surface area contributed by atoms with E-state index in [-0.39, 0.29) is 11.9 Å². The van der Waals surface area contributed by atoms with Crippen molar-refractivity contribution in [3.8, 4) is 6.07 Å². The molecule has 1 fully saturated rings. The van der Waals surface area contributed by atoms with Crippen LogP contribution in [0.1, 0.15) is 11.1 Å². The van der Waals surface area contributed by atoms with Crippen molar-refractivity contribution in [2.75, 3.05) is 33.3 Å². The molecule has 5 heteroatoms. The molecule has 1 aliphatic rings. The zero-order valence-electron chi connectivity index (χ0n) is 11.0. The summed E-state index contributed by atoms with van der Waals surface area (Å²) in [6.45, 7) is 3.74. The molecular formula is C14H18FN3O. The number of hydrogen-bond donors (Lipinski definition) is 1. The van der Waals surface area contributed by atoms with Crippen LogP contribution in [-0.2, 0) is 11.3 Å². The van der Waals surface area contributed by atoms with E-state index < -0.39 is 0 Å². The maximum absolute atomic E-state index is 13.6. The van der Waals surface area contributed by atoms with Crippen molar-refractivity contribution in [1.29, 1.82) is 5.26 Å². The number of likely N-dealkylation sites (N-methyl/N-ethyl adjacent to an activating group) is 1. The van der Waals surface area contributed by atoms with Gasteiger partial charge in [0.2, 0.25) is 0 Å². The largest absolute Gasteiger partial charge is 0.374 e. The van der Waals surface area contributed by atoms with E-state index in [1.807, 2.05) is 6.07 Å². The predicted molar refractivity (Wildman–Crippen MR) is 70.1 cm³/mol. The van der Waals surface area contributed by atoms with E-state index in [4.69, 9.17) is 10.00 Å². The summed E-state index contributed by atoms with van der Waals surface area (Å²) in [6.07, 6.45) is 0.153. The molecule has 0 radical (unpaired) electrons. The van der Waals surface area contributed by atoms with E-state index in [0.717, 1.165) is 19.7 Å². The van der Waals surface area contributed by atoms with Crippen molar-refractivity contribution in [2.45, 2.75) is 12.6 Å². The number of ether oxygens (including phenoxy) is 1. The Morgan fingerprint density at radius 2 is 2.42 bits per heavy atom. The van der Waals surface area contributed by atoms with Gasteiger partial charge in [-0.3, -0.25) is 0 Å². The third kappa shape index (κ3) is 4.00. The number of nitrogens with zero attached hydrogens (tertiary/aromatic N) is 2. The fraction of sp³-hybridized carbons (Fsp3) is 0.500. The van der Waals surface area contributed by atoms with Gasteiger partial charge in [-0.1, -0.05) is 6.07 Å². The normalized spacial score (nSPS) is 20.2. The quantitative estimate of drug-likeness (QED) is 0.884. The van der Waals surface area contributed by atoms with Crippen LogP contribution in [0.5, 0.6) is 0 Å². The minimum atomic E-state index is -0.340. The lowest BCUT2D eigenvalue weighted by Crippen LogP contribution is -2.44. The Labute approximate surface area is 112 Å². The van der Waals surface area contributed by atoms with E-state index in [1.54, 1.807) is 12.1 Å². The number of halogens is 1. The predicted octanol–water partition coefficient (Wildman–Crippen LogP) is 1.12. The maximum Gasteiger partial charge on any atom is 0.129 e. The van der Waals surface area contributed by atoms with Crippen LogP contribution in [0.25, 0.3) is 0 Å². The van der Waals surface area contributed by atoms with Gasteiger partial charge in [-0.15, -0.1) is 0 Å². The molecule has 4 nitrogen and oxygen atoms in total. The molecule has 1 saturated heterocycles. The molecule has 0 bridgehead atoms. The van der Waals surface area contributed by atoms with E-state index >= 15 is 0 Å². The van der Waals surface area contributed by atoms with Crippen LogP contribution in [0.2, 0.25) is 0 Å². The number of benzene rings is 1. The first-order valence-electron chi connectivity index (χ1n) is 6.38. The van der Waals surface area contributed by atoms with Crippen LogP contribution >= 0.6 is 0 Å². The molecule has 0 aliphatic carbocycles. The van der Waals surface area contributed by atoms with E-state index in [9.17, 15) is 4.39 Å². The Morgan fingerprint density at radius 3 is 3.11 bits per heavy atom. The summed E-state index contributed by atoms with van der Waals surface area (Å²) in [5.74, 6) is -0.340. The van der Waals surface area contributed by atoms with Gasteiger partial charge in [-0.25, -0.2) is 4.39 Å². The fourth-order valence-electron chi connectivity index (χ4n) is 2.12. The lowest BCUT2D eigenvalue weighted by atomic mass is 10.1. The van der Waals surface area contributed by atoms with E-state index in [2.05, 4.69) is 17.3 Å². The third-order valence-corrected chi connectivity index (χ3v) is 3.21. The van der Waals surface area contributed by atoms with Crippen LogP contribution in [0, 0.1) is 17.1 Å². The summed E-state index contributed by atoms with van der Waals surface area (Å²) in [5.41, 5.74) is 0.918. The number of nitriles is 1. The number of morpholine rings is 1. The van der Waals surface area contributed by atoms with Crippen molar-refractivity contribution in [1.82, 2.24) is 10.2 Å². The topological polar surface area (TPSA) is 48.3 Å². The molecule has 0 spiro atoms. The fourth-order valence-corrected chi connectivity index (χ4v) is 2.12. The second-order valence-electron chi connectivity index (χ2n) is 4.80. The van der Waals surface area contributed by atoms with E-state index in [0.29, 0.717) is 24.2 Å². The number of rotatable bonds is 4. The minimum Gasteiger partial charge on any atom is -0.374 e. The Bertz CT molecular complexity index is 472. The molecule has 1 heterocycles. The molecule has 1 aromatic carbocycles. The first-order valence-corrected chi connectivity index (χ1v) is 6.38. The van der Waals surface area contributed by atoms with Gasteiger partial charge in [-0.05, 0) is 19.2 Å². The molecule has 0 aromatic heterocycles. The number of nitrogens with one attached hydrogen (secondary N) is 1. The molecule has 1 unspecified atom stereocenters. The van der Waals surface area contributed by atoms with Crippen molar-refractivity contribution in [3.05, 3.63) is 35.1 Å². The number of hydrogen-bond acceptors (Lipinski definition) is 4. The standard InChI is InChI=1S/C14H18FN3O/c1-18-4-5-19-13(10-18)9-17-8-12-3-2-11(7-16)6-14(12)15/h2-3,6,13,17H,4-5,8-10H2,1H3. The lowest BCUT2D eigenvalue weighted by Gasteiger charge is -2.30. The molecule has 1 aromatic rings. The SMILES string of the molecule is CN1CCOC(CNCc2ccc(C#N)cc2F)C1. The molecule has 0 amide bonds. The highest BCUT2D eigenvalue weighted by Gasteiger charge is 2.17. The van der Waals surface area contributed by atoms with Gasteiger partial charge in [0.05, 0.1) is 24.3 Å². The summed E-state index contributed by atoms with van der Waals surface area (Å²) in [7, 11) is 2.07. The molecule has 1 aliphatic heterocycles. The van der Waals surface area contributed by atoms with Crippen LogP contribution < -0.4 is 5.32 Å². The highest BCUT2D eigenvalue weighted by atomic mass is 19.1. The van der Waals surface area contributed by atoms with Gasteiger partial charge in [0, 0.05) is 31.7 Å². The highest BCUT2D eigenvalue weighted by Crippen LogP contribution is 2.10. The molecule has 19 heavy (non-hydrogen) atoms. The van der Waals surface area contributed by atoms with E-state index in [1.165, 1.54) is 6.07 Å². The maximum atomic E-state index is 13.6. The minimum absolute atomic E-state index is 0.153. The molecule has 2 rings (SSSR count). The van der Waals surface area contributed by atoms with Gasteiger partial charge in [0.25, 0.3) is 0 Å². The van der Waals surface area contributed by atoms with Crippen LogP contribution in [-0.4, -0.2) is 44.3 Å². The average molecular weight is 263 g/mol. The summed E-state index contributed by atoms with van der Waals surface area (Å²) in [5, 5.41) is 11.9. The van der Waals surface area contributed by atoms with Crippen LogP contribution in [0.3, 0.4) is 0 Å². The van der Waals surface area contributed by atoms with Gasteiger partial charge < -0.3 is 15.0 Å². The first-order chi connectivity index (χ1) is 9.19. The molecular weight excluding hydrogens is 245 g/mol. The van der Waals surface area contributed by atoms with Crippen molar-refractivity contribution < 1.29 is 9.13 Å². The third-order valence-electron chi connectivity index (χ3n) is 3.21. The summed E-state index contributed by atoms with van der Waals surface area (Å²) in [4.78, 5) is 2.22. The zero-order valence-corrected chi connectivity index (χ0v) is 11.0. The van der Waals surface area contributed by atoms with Crippen molar-refractivity contribution in [3.63, 3.8) is 0 Å². The van der Waals surface area contributed by atoms with Crippen LogP contribution in [0.15, 0.2) is 18.2 Å². The second-order valence-corrected chi connectivity index (χ2v) is 4.80. The Kier molecular flexibility index (Phi) is 4.86. The summed E-state index contributed by atoms with van der Waals surface area (Å²) < 4.78 is 19.2. The Hall–Kier alpha value is -1.48. The second kappa shape index (κ2) is 6.62. The molecule has 1 N–H and O–H groups in total. The van der Waals surface area contributed by atoms with Crippen molar-refractivity contribution in [2.24, 2.45) is 0 Å². The van der Waals surface area contributed by atoms with Crippen LogP contribution in [0.4, 0.5) is 4.39 Å². The Morgan fingerprint density at radius 1 is 1.58 bits per heavy atom. The molecule has 1 atom stereocenters. The lowest BCUT2D eigenvalue weighted by molar-refractivity contribution is -0.0182. The molecule has 102 valence electrons. The first kappa shape index (κ1) is 13.9. The van der Waals surface area contributed by atoms with Gasteiger partial charge in [0.1, 0.15) is 5.82 Å². The summed E-state index contributed by atoms with van der Waals surface area (Å²) in [6, 6.07) is 6.47. The average Bonchev–Trinajstić information content (AvgIpc) is 2.40. The molecule has 0 saturated carbocycles.